The van der Waals surface area contributed by atoms with Crippen molar-refractivity contribution in [2.75, 3.05) is 6.54 Å². The normalized spacial score (nSPS) is 14.4. The summed E-state index contributed by atoms with van der Waals surface area (Å²) in [5.74, 6) is -0.194. The minimum atomic E-state index is -0.760. The smallest absolute Gasteiger partial charge is 0.198 e. The third-order valence-corrected chi connectivity index (χ3v) is 3.41. The molecule has 3 nitrogen and oxygen atoms in total. The van der Waals surface area contributed by atoms with Gasteiger partial charge in [-0.3, -0.25) is 0 Å². The summed E-state index contributed by atoms with van der Waals surface area (Å²) in [7, 11) is 0. The fraction of sp³-hybridized carbons (Fsp3) is 0.286. The predicted molar refractivity (Wildman–Crippen MR) is 71.7 cm³/mol. The first-order chi connectivity index (χ1) is 8.63. The van der Waals surface area contributed by atoms with E-state index in [0.717, 1.165) is 5.56 Å². The number of nitrogens with two attached hydrogens (primary N) is 1. The Hall–Kier alpha value is -1.29. The minimum absolute atomic E-state index is 0.194. The molecule has 0 aliphatic carbocycles. The van der Waals surface area contributed by atoms with Crippen LogP contribution in [0.1, 0.15) is 28.7 Å². The summed E-state index contributed by atoms with van der Waals surface area (Å²) in [5.41, 5.74) is 8.51. The van der Waals surface area contributed by atoms with E-state index in [4.69, 9.17) is 21.8 Å². The van der Waals surface area contributed by atoms with Gasteiger partial charge in [-0.1, -0.05) is 29.8 Å². The summed E-state index contributed by atoms with van der Waals surface area (Å²) in [4.78, 5) is 0. The van der Waals surface area contributed by atoms with Gasteiger partial charge >= 0.3 is 0 Å². The molecule has 2 aromatic rings. The molecule has 0 saturated carbocycles. The number of aryl methyl sites for hydroxylation is 1. The van der Waals surface area contributed by atoms with Crippen LogP contribution in [0, 0.1) is 6.92 Å². The molecule has 1 heterocycles. The standard InChI is InChI=1S/C14H16ClNO2/c1-9-2-4-10(5-3-9)12(8-16)13(17)11-6-7-18-14(11)15/h2-7,12-13,17H,8,16H2,1H3. The van der Waals surface area contributed by atoms with Crippen LogP contribution >= 0.6 is 11.6 Å². The molecule has 0 spiro atoms. The van der Waals surface area contributed by atoms with Crippen molar-refractivity contribution in [3.8, 4) is 0 Å². The van der Waals surface area contributed by atoms with Crippen molar-refractivity contribution >= 4 is 11.6 Å². The lowest BCUT2D eigenvalue weighted by Gasteiger charge is -2.21. The van der Waals surface area contributed by atoms with Gasteiger partial charge < -0.3 is 15.3 Å². The zero-order chi connectivity index (χ0) is 13.1. The maximum atomic E-state index is 10.3. The number of halogens is 1. The molecule has 0 amide bonds. The second kappa shape index (κ2) is 5.57. The van der Waals surface area contributed by atoms with Gasteiger partial charge in [-0.05, 0) is 30.2 Å². The Balaban J connectivity index is 2.28. The highest BCUT2D eigenvalue weighted by atomic mass is 35.5. The van der Waals surface area contributed by atoms with Crippen LogP contribution in [0.15, 0.2) is 41.0 Å². The highest BCUT2D eigenvalue weighted by Crippen LogP contribution is 2.34. The van der Waals surface area contributed by atoms with Gasteiger partial charge in [0.1, 0.15) is 0 Å². The molecule has 0 aliphatic rings. The van der Waals surface area contributed by atoms with Crippen LogP contribution in [0.2, 0.25) is 5.22 Å². The second-order valence-corrected chi connectivity index (χ2v) is 4.69. The van der Waals surface area contributed by atoms with E-state index in [0.29, 0.717) is 12.1 Å². The largest absolute Gasteiger partial charge is 0.453 e. The Morgan fingerprint density at radius 1 is 1.28 bits per heavy atom. The van der Waals surface area contributed by atoms with Crippen LogP contribution in [0.5, 0.6) is 0 Å². The Kier molecular flexibility index (Phi) is 4.07. The summed E-state index contributed by atoms with van der Waals surface area (Å²) in [6.07, 6.45) is 0.702. The van der Waals surface area contributed by atoms with Crippen molar-refractivity contribution in [1.29, 1.82) is 0 Å². The van der Waals surface area contributed by atoms with E-state index in [-0.39, 0.29) is 11.1 Å². The number of benzene rings is 1. The SMILES string of the molecule is Cc1ccc(C(CN)C(O)c2ccoc2Cl)cc1. The van der Waals surface area contributed by atoms with Crippen LogP contribution in [-0.4, -0.2) is 11.7 Å². The fourth-order valence-electron chi connectivity index (χ4n) is 1.99. The maximum absolute atomic E-state index is 10.3. The minimum Gasteiger partial charge on any atom is -0.453 e. The molecule has 1 aromatic carbocycles. The van der Waals surface area contributed by atoms with Gasteiger partial charge in [0, 0.05) is 18.0 Å². The third kappa shape index (κ3) is 2.58. The quantitative estimate of drug-likeness (QED) is 0.893. The first-order valence-electron chi connectivity index (χ1n) is 5.81. The number of aliphatic hydroxyl groups excluding tert-OH is 1. The van der Waals surface area contributed by atoms with Gasteiger partial charge in [-0.15, -0.1) is 0 Å². The van der Waals surface area contributed by atoms with Gasteiger partial charge in [0.05, 0.1) is 12.4 Å². The lowest BCUT2D eigenvalue weighted by molar-refractivity contribution is 0.147. The molecule has 2 rings (SSSR count). The molecule has 0 aliphatic heterocycles. The molecule has 0 saturated heterocycles. The van der Waals surface area contributed by atoms with Gasteiger partial charge in [-0.25, -0.2) is 0 Å². The molecule has 2 unspecified atom stereocenters. The van der Waals surface area contributed by atoms with Gasteiger partial charge in [0.15, 0.2) is 5.22 Å². The summed E-state index contributed by atoms with van der Waals surface area (Å²) < 4.78 is 5.00. The summed E-state index contributed by atoms with van der Waals surface area (Å²) >= 11 is 5.88. The monoisotopic (exact) mass is 265 g/mol. The van der Waals surface area contributed by atoms with E-state index in [9.17, 15) is 5.11 Å². The summed E-state index contributed by atoms with van der Waals surface area (Å²) in [5, 5.41) is 10.6. The van der Waals surface area contributed by atoms with E-state index in [1.165, 1.54) is 11.8 Å². The average molecular weight is 266 g/mol. The van der Waals surface area contributed by atoms with E-state index in [2.05, 4.69) is 0 Å². The molecule has 3 N–H and O–H groups in total. The van der Waals surface area contributed by atoms with Crippen molar-refractivity contribution in [3.63, 3.8) is 0 Å². The second-order valence-electron chi connectivity index (χ2n) is 4.35. The topological polar surface area (TPSA) is 59.4 Å². The van der Waals surface area contributed by atoms with Crippen molar-refractivity contribution < 1.29 is 9.52 Å². The molecule has 2 atom stereocenters. The first kappa shape index (κ1) is 13.1. The number of aliphatic hydroxyl groups is 1. The van der Waals surface area contributed by atoms with Crippen molar-refractivity contribution in [2.45, 2.75) is 18.9 Å². The van der Waals surface area contributed by atoms with Gasteiger partial charge in [0.25, 0.3) is 0 Å². The van der Waals surface area contributed by atoms with Crippen molar-refractivity contribution in [3.05, 3.63) is 58.5 Å². The van der Waals surface area contributed by atoms with Crippen LogP contribution in [0.3, 0.4) is 0 Å². The van der Waals surface area contributed by atoms with E-state index in [1.54, 1.807) is 6.07 Å². The zero-order valence-electron chi connectivity index (χ0n) is 10.1. The first-order valence-corrected chi connectivity index (χ1v) is 6.19. The molecular weight excluding hydrogens is 250 g/mol. The molecule has 1 aromatic heterocycles. The third-order valence-electron chi connectivity index (χ3n) is 3.11. The maximum Gasteiger partial charge on any atom is 0.198 e. The summed E-state index contributed by atoms with van der Waals surface area (Å²) in [6.45, 7) is 2.36. The van der Waals surface area contributed by atoms with Crippen LogP contribution < -0.4 is 5.73 Å². The Morgan fingerprint density at radius 2 is 1.94 bits per heavy atom. The molecule has 96 valence electrons. The Morgan fingerprint density at radius 3 is 2.44 bits per heavy atom. The highest BCUT2D eigenvalue weighted by molar-refractivity contribution is 6.29. The number of hydrogen-bond donors (Lipinski definition) is 2. The van der Waals surface area contributed by atoms with E-state index in [1.807, 2.05) is 31.2 Å². The average Bonchev–Trinajstić information content (AvgIpc) is 2.78. The van der Waals surface area contributed by atoms with E-state index < -0.39 is 6.10 Å². The fourth-order valence-corrected chi connectivity index (χ4v) is 2.22. The Labute approximate surface area is 111 Å². The molecule has 4 heteroatoms. The van der Waals surface area contributed by atoms with Crippen molar-refractivity contribution in [2.24, 2.45) is 5.73 Å². The Bertz CT molecular complexity index is 507. The lowest BCUT2D eigenvalue weighted by Crippen LogP contribution is -2.20. The molecule has 0 fully saturated rings. The van der Waals surface area contributed by atoms with Crippen molar-refractivity contribution in [1.82, 2.24) is 0 Å². The highest BCUT2D eigenvalue weighted by Gasteiger charge is 2.24. The van der Waals surface area contributed by atoms with Crippen LogP contribution in [0.25, 0.3) is 0 Å². The molecule has 18 heavy (non-hydrogen) atoms. The van der Waals surface area contributed by atoms with Gasteiger partial charge in [0.2, 0.25) is 0 Å². The predicted octanol–water partition coefficient (Wildman–Crippen LogP) is 3.02. The molecular formula is C14H16ClNO2. The molecule has 0 bridgehead atoms. The van der Waals surface area contributed by atoms with Crippen LogP contribution in [-0.2, 0) is 0 Å². The van der Waals surface area contributed by atoms with Crippen LogP contribution in [0.4, 0.5) is 0 Å². The zero-order valence-corrected chi connectivity index (χ0v) is 10.9. The molecule has 0 radical (unpaired) electrons. The number of furan rings is 1. The number of rotatable bonds is 4. The lowest BCUT2D eigenvalue weighted by atomic mass is 9.90. The van der Waals surface area contributed by atoms with E-state index >= 15 is 0 Å². The number of hydrogen-bond acceptors (Lipinski definition) is 3. The van der Waals surface area contributed by atoms with Gasteiger partial charge in [-0.2, -0.15) is 0 Å². The summed E-state index contributed by atoms with van der Waals surface area (Å²) in [6, 6.07) is 9.63.